The molecule has 0 atom stereocenters. The van der Waals surface area contributed by atoms with E-state index in [1.807, 2.05) is 18.7 Å². The number of nitrogens with zero attached hydrogens (tertiary/aromatic N) is 1. The van der Waals surface area contributed by atoms with Crippen molar-refractivity contribution in [2.45, 2.75) is 52.0 Å². The van der Waals surface area contributed by atoms with Crippen LogP contribution in [0.25, 0.3) is 0 Å². The van der Waals surface area contributed by atoms with Gasteiger partial charge in [-0.1, -0.05) is 6.92 Å². The molecule has 0 aromatic carbocycles. The van der Waals surface area contributed by atoms with E-state index < -0.39 is 0 Å². The van der Waals surface area contributed by atoms with Crippen LogP contribution in [0.4, 0.5) is 0 Å². The molecule has 1 rings (SSSR count). The highest BCUT2D eigenvalue weighted by Gasteiger charge is 2.33. The lowest BCUT2D eigenvalue weighted by Gasteiger charge is -2.39. The van der Waals surface area contributed by atoms with Gasteiger partial charge in [-0.25, -0.2) is 0 Å². The Kier molecular flexibility index (Phi) is 6.09. The van der Waals surface area contributed by atoms with E-state index in [0.717, 1.165) is 44.7 Å². The topological polar surface area (TPSA) is 52.6 Å². The first-order valence-corrected chi connectivity index (χ1v) is 7.20. The second-order valence-electron chi connectivity index (χ2n) is 5.54. The number of hydrogen-bond donors (Lipinski definition) is 2. The molecule has 0 aromatic rings. The largest absolute Gasteiger partial charge is 0.394 e. The van der Waals surface area contributed by atoms with Gasteiger partial charge < -0.3 is 15.3 Å². The quantitative estimate of drug-likeness (QED) is 0.755. The molecule has 1 amide bonds. The van der Waals surface area contributed by atoms with Crippen LogP contribution in [0, 0.1) is 5.92 Å². The highest BCUT2D eigenvalue weighted by molar-refractivity contribution is 5.78. The van der Waals surface area contributed by atoms with Crippen LogP contribution in [0.5, 0.6) is 0 Å². The zero-order chi connectivity index (χ0) is 13.6. The van der Waals surface area contributed by atoms with Crippen molar-refractivity contribution in [1.29, 1.82) is 0 Å². The first-order chi connectivity index (χ1) is 8.56. The summed E-state index contributed by atoms with van der Waals surface area (Å²) in [6.45, 7) is 8.21. The zero-order valence-electron chi connectivity index (χ0n) is 12.0. The third-order valence-electron chi connectivity index (χ3n) is 4.26. The van der Waals surface area contributed by atoms with Gasteiger partial charge in [0.25, 0.3) is 0 Å². The summed E-state index contributed by atoms with van der Waals surface area (Å²) in [6.07, 6.45) is 4.20. The van der Waals surface area contributed by atoms with E-state index in [-0.39, 0.29) is 18.1 Å². The molecule has 18 heavy (non-hydrogen) atoms. The summed E-state index contributed by atoms with van der Waals surface area (Å²) in [5, 5.41) is 12.9. The fraction of sp³-hybridized carbons (Fsp3) is 0.929. The number of amides is 1. The van der Waals surface area contributed by atoms with Crippen molar-refractivity contribution >= 4 is 5.91 Å². The van der Waals surface area contributed by atoms with Crippen molar-refractivity contribution in [1.82, 2.24) is 10.2 Å². The van der Waals surface area contributed by atoms with Crippen LogP contribution in [-0.4, -0.2) is 47.7 Å². The summed E-state index contributed by atoms with van der Waals surface area (Å²) >= 11 is 0. The van der Waals surface area contributed by atoms with E-state index in [1.165, 1.54) is 0 Å². The lowest BCUT2D eigenvalue weighted by molar-refractivity contribution is -0.130. The number of aliphatic hydroxyl groups is 1. The maximum Gasteiger partial charge on any atom is 0.236 e. The highest BCUT2D eigenvalue weighted by Crippen LogP contribution is 2.31. The number of rotatable bonds is 6. The van der Waals surface area contributed by atoms with Crippen molar-refractivity contribution < 1.29 is 9.90 Å². The van der Waals surface area contributed by atoms with Gasteiger partial charge in [-0.3, -0.25) is 4.79 Å². The monoisotopic (exact) mass is 256 g/mol. The Morgan fingerprint density at radius 1 is 1.33 bits per heavy atom. The van der Waals surface area contributed by atoms with Crippen LogP contribution >= 0.6 is 0 Å². The third kappa shape index (κ3) is 3.95. The Morgan fingerprint density at radius 3 is 2.33 bits per heavy atom. The smallest absolute Gasteiger partial charge is 0.236 e. The molecule has 0 unspecified atom stereocenters. The first-order valence-electron chi connectivity index (χ1n) is 7.20. The maximum absolute atomic E-state index is 12.0. The molecule has 1 fully saturated rings. The fourth-order valence-corrected chi connectivity index (χ4v) is 2.66. The first kappa shape index (κ1) is 15.4. The van der Waals surface area contributed by atoms with Crippen LogP contribution in [0.1, 0.15) is 46.5 Å². The molecule has 0 aliphatic heterocycles. The van der Waals surface area contributed by atoms with Crippen molar-refractivity contribution in [2.75, 3.05) is 26.2 Å². The minimum absolute atomic E-state index is 0.130. The minimum atomic E-state index is -0.227. The van der Waals surface area contributed by atoms with Crippen LogP contribution in [0.3, 0.4) is 0 Å². The van der Waals surface area contributed by atoms with Gasteiger partial charge in [0, 0.05) is 18.6 Å². The summed E-state index contributed by atoms with van der Waals surface area (Å²) in [6, 6.07) is 0. The predicted octanol–water partition coefficient (Wildman–Crippen LogP) is 1.39. The number of carbonyl (C=O) groups excluding carboxylic acids is 1. The molecule has 0 heterocycles. The van der Waals surface area contributed by atoms with Gasteiger partial charge in [0.2, 0.25) is 5.91 Å². The van der Waals surface area contributed by atoms with E-state index in [9.17, 15) is 9.90 Å². The molecular weight excluding hydrogens is 228 g/mol. The summed E-state index contributed by atoms with van der Waals surface area (Å²) in [5.41, 5.74) is -0.227. The van der Waals surface area contributed by atoms with Crippen molar-refractivity contribution in [2.24, 2.45) is 5.92 Å². The second-order valence-corrected chi connectivity index (χ2v) is 5.54. The van der Waals surface area contributed by atoms with Crippen molar-refractivity contribution in [3.8, 4) is 0 Å². The summed E-state index contributed by atoms with van der Waals surface area (Å²) < 4.78 is 0. The van der Waals surface area contributed by atoms with Gasteiger partial charge in [0.05, 0.1) is 13.2 Å². The Hall–Kier alpha value is -0.610. The fourth-order valence-electron chi connectivity index (χ4n) is 2.66. The lowest BCUT2D eigenvalue weighted by atomic mass is 9.77. The van der Waals surface area contributed by atoms with E-state index in [1.54, 1.807) is 0 Å². The normalized spacial score (nSPS) is 28.1. The molecule has 0 spiro atoms. The van der Waals surface area contributed by atoms with Gasteiger partial charge in [-0.2, -0.15) is 0 Å². The molecule has 2 N–H and O–H groups in total. The predicted molar refractivity (Wildman–Crippen MR) is 73.4 cm³/mol. The molecule has 106 valence electrons. The summed E-state index contributed by atoms with van der Waals surface area (Å²) in [5.74, 6) is 0.872. The number of carbonyl (C=O) groups is 1. The van der Waals surface area contributed by atoms with Crippen LogP contribution < -0.4 is 5.32 Å². The van der Waals surface area contributed by atoms with Crippen molar-refractivity contribution in [3.63, 3.8) is 0 Å². The molecule has 0 aromatic heterocycles. The van der Waals surface area contributed by atoms with Crippen molar-refractivity contribution in [3.05, 3.63) is 0 Å². The number of hydrogen-bond acceptors (Lipinski definition) is 3. The molecule has 1 saturated carbocycles. The van der Waals surface area contributed by atoms with E-state index in [4.69, 9.17) is 0 Å². The average molecular weight is 256 g/mol. The Balaban J connectivity index is 2.46. The Morgan fingerprint density at radius 2 is 1.89 bits per heavy atom. The summed E-state index contributed by atoms with van der Waals surface area (Å²) in [7, 11) is 0. The lowest BCUT2D eigenvalue weighted by Crippen LogP contribution is -2.54. The molecule has 0 bridgehead atoms. The maximum atomic E-state index is 12.0. The molecule has 0 radical (unpaired) electrons. The van der Waals surface area contributed by atoms with Crippen LogP contribution in [0.2, 0.25) is 0 Å². The molecular formula is C14H28N2O2. The molecule has 4 heteroatoms. The van der Waals surface area contributed by atoms with Gasteiger partial charge in [-0.15, -0.1) is 0 Å². The number of likely N-dealkylation sites (N-methyl/N-ethyl adjacent to an activating group) is 1. The molecule has 1 aliphatic rings. The van der Waals surface area contributed by atoms with E-state index in [0.29, 0.717) is 6.54 Å². The molecule has 0 saturated heterocycles. The molecule has 4 nitrogen and oxygen atoms in total. The Labute approximate surface area is 111 Å². The Bertz CT molecular complexity index is 257. The zero-order valence-corrected chi connectivity index (χ0v) is 12.0. The molecule has 1 aliphatic carbocycles. The standard InChI is InChI=1S/C14H28N2O2/c1-4-16(5-2)13(18)10-15-14(11-17)8-6-12(3)7-9-14/h12,15,17H,4-11H2,1-3H3. The number of aliphatic hydroxyl groups excluding tert-OH is 1. The SMILES string of the molecule is CCN(CC)C(=O)CNC1(CO)CCC(C)CC1. The van der Waals surface area contributed by atoms with Gasteiger partial charge >= 0.3 is 0 Å². The highest BCUT2D eigenvalue weighted by atomic mass is 16.3. The summed E-state index contributed by atoms with van der Waals surface area (Å²) in [4.78, 5) is 13.8. The average Bonchev–Trinajstić information content (AvgIpc) is 2.40. The van der Waals surface area contributed by atoms with E-state index >= 15 is 0 Å². The minimum Gasteiger partial charge on any atom is -0.394 e. The third-order valence-corrected chi connectivity index (χ3v) is 4.26. The van der Waals surface area contributed by atoms with Gasteiger partial charge in [-0.05, 0) is 45.4 Å². The second kappa shape index (κ2) is 7.10. The van der Waals surface area contributed by atoms with E-state index in [2.05, 4.69) is 12.2 Å². The number of nitrogens with one attached hydrogen (secondary N) is 1. The van der Waals surface area contributed by atoms with Gasteiger partial charge in [0.15, 0.2) is 0 Å². The van der Waals surface area contributed by atoms with Crippen LogP contribution in [0.15, 0.2) is 0 Å². The van der Waals surface area contributed by atoms with Gasteiger partial charge in [0.1, 0.15) is 0 Å². The van der Waals surface area contributed by atoms with Crippen LogP contribution in [-0.2, 0) is 4.79 Å².